The molecule has 4 nitrogen and oxygen atoms in total. The Morgan fingerprint density at radius 1 is 1.24 bits per heavy atom. The Bertz CT molecular complexity index is 616. The zero-order valence-electron chi connectivity index (χ0n) is 11.6. The molecule has 0 aromatic heterocycles. The summed E-state index contributed by atoms with van der Waals surface area (Å²) in [5.41, 5.74) is 1.21. The fourth-order valence-electron chi connectivity index (χ4n) is 1.83. The fraction of sp³-hybridized carbons (Fsp3) is 0.188. The Balaban J connectivity index is 1.92. The normalized spacial score (nSPS) is 10.2. The van der Waals surface area contributed by atoms with Crippen LogP contribution in [0.1, 0.15) is 11.1 Å². The molecule has 2 aromatic rings. The van der Waals surface area contributed by atoms with E-state index in [1.165, 1.54) is 24.1 Å². The van der Waals surface area contributed by atoms with E-state index in [4.69, 9.17) is 4.74 Å². The third kappa shape index (κ3) is 4.21. The van der Waals surface area contributed by atoms with Crippen LogP contribution in [0, 0.1) is 5.82 Å². The lowest BCUT2D eigenvalue weighted by molar-refractivity contribution is 0.102. The molecule has 0 saturated heterocycles. The number of amides is 1. The van der Waals surface area contributed by atoms with Crippen molar-refractivity contribution in [2.45, 2.75) is 13.2 Å². The molecule has 2 rings (SSSR count). The zero-order valence-corrected chi connectivity index (χ0v) is 11.6. The molecule has 0 bridgehead atoms. The predicted octanol–water partition coefficient (Wildman–Crippen LogP) is 3.30. The summed E-state index contributed by atoms with van der Waals surface area (Å²) in [6, 6.07) is 12.9. The van der Waals surface area contributed by atoms with Crippen LogP contribution in [0.3, 0.4) is 0 Å². The molecule has 0 aliphatic rings. The molecule has 0 saturated carbocycles. The number of hydrogen-bond acceptors (Lipinski definition) is 3. The molecule has 0 fully saturated rings. The zero-order chi connectivity index (χ0) is 15.2. The molecule has 1 N–H and O–H groups in total. The number of aromatic hydroxyl groups is 1. The summed E-state index contributed by atoms with van der Waals surface area (Å²) in [6.07, 6.45) is -0.539. The first-order valence-corrected chi connectivity index (χ1v) is 6.45. The van der Waals surface area contributed by atoms with Crippen molar-refractivity contribution in [3.63, 3.8) is 0 Å². The quantitative estimate of drug-likeness (QED) is 0.939. The van der Waals surface area contributed by atoms with Crippen molar-refractivity contribution in [2.75, 3.05) is 7.05 Å². The number of carbonyl (C=O) groups is 1. The van der Waals surface area contributed by atoms with Gasteiger partial charge in [0.25, 0.3) is 0 Å². The van der Waals surface area contributed by atoms with Gasteiger partial charge in [-0.1, -0.05) is 30.3 Å². The maximum absolute atomic E-state index is 13.1. The molecule has 0 unspecified atom stereocenters. The first-order valence-electron chi connectivity index (χ1n) is 6.45. The van der Waals surface area contributed by atoms with Crippen LogP contribution in [0.25, 0.3) is 0 Å². The minimum atomic E-state index is -0.539. The Hall–Kier alpha value is -2.56. The van der Waals surface area contributed by atoms with E-state index >= 15 is 0 Å². The number of nitrogens with zero attached hydrogens (tertiary/aromatic N) is 1. The van der Waals surface area contributed by atoms with Gasteiger partial charge in [0.2, 0.25) is 0 Å². The highest BCUT2D eigenvalue weighted by molar-refractivity contribution is 5.67. The Kier molecular flexibility index (Phi) is 4.77. The number of hydrogen-bond donors (Lipinski definition) is 1. The molecule has 0 radical (unpaired) electrons. The van der Waals surface area contributed by atoms with Gasteiger partial charge in [-0.25, -0.2) is 9.18 Å². The number of halogens is 1. The first-order chi connectivity index (χ1) is 10.1. The van der Waals surface area contributed by atoms with Crippen LogP contribution in [-0.4, -0.2) is 23.1 Å². The van der Waals surface area contributed by atoms with Gasteiger partial charge in [-0.05, 0) is 23.8 Å². The second-order valence-corrected chi connectivity index (χ2v) is 4.67. The molecule has 21 heavy (non-hydrogen) atoms. The molecule has 0 atom stereocenters. The lowest BCUT2D eigenvalue weighted by atomic mass is 10.2. The number of phenols is 1. The molecule has 1 amide bonds. The third-order valence-electron chi connectivity index (χ3n) is 2.97. The lowest BCUT2D eigenvalue weighted by Gasteiger charge is -2.17. The lowest BCUT2D eigenvalue weighted by Crippen LogP contribution is -2.26. The third-order valence-corrected chi connectivity index (χ3v) is 2.97. The SMILES string of the molecule is CN(Cc1cc(F)ccc1O)C(=O)OCc1ccccc1. The van der Waals surface area contributed by atoms with Crippen LogP contribution in [-0.2, 0) is 17.9 Å². The number of carbonyl (C=O) groups excluding carboxylic acids is 1. The highest BCUT2D eigenvalue weighted by Crippen LogP contribution is 2.19. The Morgan fingerprint density at radius 2 is 1.95 bits per heavy atom. The minimum Gasteiger partial charge on any atom is -0.508 e. The number of ether oxygens (including phenoxy) is 1. The van der Waals surface area contributed by atoms with Crippen molar-refractivity contribution in [2.24, 2.45) is 0 Å². The molecule has 0 aliphatic heterocycles. The van der Waals surface area contributed by atoms with Gasteiger partial charge < -0.3 is 14.7 Å². The van der Waals surface area contributed by atoms with Gasteiger partial charge in [0.15, 0.2) is 0 Å². The van der Waals surface area contributed by atoms with Gasteiger partial charge >= 0.3 is 6.09 Å². The second kappa shape index (κ2) is 6.74. The highest BCUT2D eigenvalue weighted by atomic mass is 19.1. The van der Waals surface area contributed by atoms with Crippen molar-refractivity contribution in [1.29, 1.82) is 0 Å². The second-order valence-electron chi connectivity index (χ2n) is 4.67. The summed E-state index contributed by atoms with van der Waals surface area (Å²) in [7, 11) is 1.53. The van der Waals surface area contributed by atoms with E-state index in [0.717, 1.165) is 11.6 Å². The van der Waals surface area contributed by atoms with Crippen molar-refractivity contribution in [3.8, 4) is 5.75 Å². The molecular weight excluding hydrogens is 273 g/mol. The standard InChI is InChI=1S/C16H16FNO3/c1-18(10-13-9-14(17)7-8-15(13)19)16(20)21-11-12-5-3-2-4-6-12/h2-9,19H,10-11H2,1H3. The van der Waals surface area contributed by atoms with Gasteiger partial charge in [0.05, 0.1) is 6.54 Å². The van der Waals surface area contributed by atoms with Crippen LogP contribution in [0.4, 0.5) is 9.18 Å². The van der Waals surface area contributed by atoms with Crippen molar-refractivity contribution >= 4 is 6.09 Å². The largest absolute Gasteiger partial charge is 0.508 e. The first kappa shape index (κ1) is 14.8. The Labute approximate surface area is 122 Å². The molecule has 5 heteroatoms. The summed E-state index contributed by atoms with van der Waals surface area (Å²) in [5.74, 6) is -0.520. The number of benzene rings is 2. The summed E-state index contributed by atoms with van der Waals surface area (Å²) >= 11 is 0. The van der Waals surface area contributed by atoms with E-state index in [-0.39, 0.29) is 18.9 Å². The molecule has 2 aromatic carbocycles. The molecule has 0 spiro atoms. The summed E-state index contributed by atoms with van der Waals surface area (Å²) < 4.78 is 18.3. The predicted molar refractivity (Wildman–Crippen MR) is 76.2 cm³/mol. The monoisotopic (exact) mass is 289 g/mol. The van der Waals surface area contributed by atoms with E-state index in [2.05, 4.69) is 0 Å². The minimum absolute atomic E-state index is 0.0564. The van der Waals surface area contributed by atoms with E-state index in [0.29, 0.717) is 5.56 Å². The van der Waals surface area contributed by atoms with E-state index in [9.17, 15) is 14.3 Å². The van der Waals surface area contributed by atoms with E-state index < -0.39 is 11.9 Å². The highest BCUT2D eigenvalue weighted by Gasteiger charge is 2.13. The summed E-state index contributed by atoms with van der Waals surface area (Å²) in [4.78, 5) is 13.1. The van der Waals surface area contributed by atoms with Crippen LogP contribution >= 0.6 is 0 Å². The van der Waals surface area contributed by atoms with Gasteiger partial charge in [0, 0.05) is 12.6 Å². The number of phenolic OH excluding ortho intramolecular Hbond substituents is 1. The average molecular weight is 289 g/mol. The van der Waals surface area contributed by atoms with Crippen LogP contribution in [0.15, 0.2) is 48.5 Å². The average Bonchev–Trinajstić information content (AvgIpc) is 2.49. The van der Waals surface area contributed by atoms with Crippen molar-refractivity contribution in [3.05, 3.63) is 65.5 Å². The van der Waals surface area contributed by atoms with E-state index in [1.807, 2.05) is 30.3 Å². The van der Waals surface area contributed by atoms with Gasteiger partial charge in [0.1, 0.15) is 18.2 Å². The maximum atomic E-state index is 13.1. The van der Waals surface area contributed by atoms with Gasteiger partial charge in [-0.3, -0.25) is 0 Å². The van der Waals surface area contributed by atoms with E-state index in [1.54, 1.807) is 0 Å². The summed E-state index contributed by atoms with van der Waals surface area (Å²) in [6.45, 7) is 0.233. The Morgan fingerprint density at radius 3 is 2.67 bits per heavy atom. The van der Waals surface area contributed by atoms with Gasteiger partial charge in [-0.15, -0.1) is 0 Å². The van der Waals surface area contributed by atoms with Crippen LogP contribution in [0.5, 0.6) is 5.75 Å². The maximum Gasteiger partial charge on any atom is 0.410 e. The summed E-state index contributed by atoms with van der Waals surface area (Å²) in [5, 5.41) is 9.63. The van der Waals surface area contributed by atoms with Crippen LogP contribution in [0.2, 0.25) is 0 Å². The topological polar surface area (TPSA) is 49.8 Å². The van der Waals surface area contributed by atoms with Crippen molar-refractivity contribution < 1.29 is 19.0 Å². The molecule has 110 valence electrons. The van der Waals surface area contributed by atoms with Crippen molar-refractivity contribution in [1.82, 2.24) is 4.90 Å². The van der Waals surface area contributed by atoms with Crippen LogP contribution < -0.4 is 0 Å². The fourth-order valence-corrected chi connectivity index (χ4v) is 1.83. The number of rotatable bonds is 4. The smallest absolute Gasteiger partial charge is 0.410 e. The molecule has 0 aliphatic carbocycles. The molecular formula is C16H16FNO3. The molecule has 0 heterocycles. The van der Waals surface area contributed by atoms with Gasteiger partial charge in [-0.2, -0.15) is 0 Å².